The summed E-state index contributed by atoms with van der Waals surface area (Å²) in [5.74, 6) is -1.68. The molecular weight excluding hydrogens is 516 g/mol. The van der Waals surface area contributed by atoms with Gasteiger partial charge >= 0.3 is 0 Å². The number of fused-ring (bicyclic) bond motifs is 1. The van der Waals surface area contributed by atoms with Gasteiger partial charge in [-0.25, -0.2) is 4.98 Å². The molecule has 0 bridgehead atoms. The number of ketones is 1. The zero-order valence-electron chi connectivity index (χ0n) is 19.9. The number of Topliss-reactive ketones (excluding diaryl/α,β-unsaturated/α-hetero) is 1. The van der Waals surface area contributed by atoms with Crippen LogP contribution >= 0.6 is 15.9 Å². The van der Waals surface area contributed by atoms with E-state index < -0.39 is 17.7 Å². The van der Waals surface area contributed by atoms with Crippen LogP contribution in [0.3, 0.4) is 0 Å². The quantitative estimate of drug-likeness (QED) is 0.267. The van der Waals surface area contributed by atoms with Crippen molar-refractivity contribution < 1.29 is 24.5 Å². The fourth-order valence-corrected chi connectivity index (χ4v) is 4.91. The van der Waals surface area contributed by atoms with Gasteiger partial charge in [0.1, 0.15) is 11.3 Å². The SMILES string of the molecule is COc1cc(C2C(=C(O)c3c(C)nc4ccccn34)C(=O)C(=O)N2CCCN(C)C)cc(Br)c1O. The van der Waals surface area contributed by atoms with Crippen molar-refractivity contribution in [1.29, 1.82) is 0 Å². The molecule has 3 heterocycles. The van der Waals surface area contributed by atoms with E-state index in [1.165, 1.54) is 12.0 Å². The summed E-state index contributed by atoms with van der Waals surface area (Å²) in [7, 11) is 5.28. The van der Waals surface area contributed by atoms with Crippen LogP contribution in [-0.2, 0) is 9.59 Å². The van der Waals surface area contributed by atoms with E-state index in [1.54, 1.807) is 41.8 Å². The Balaban J connectivity index is 1.93. The van der Waals surface area contributed by atoms with E-state index in [-0.39, 0.29) is 22.8 Å². The maximum Gasteiger partial charge on any atom is 0.295 e. The van der Waals surface area contributed by atoms with Crippen molar-refractivity contribution >= 4 is 39.0 Å². The van der Waals surface area contributed by atoms with Crippen molar-refractivity contribution in [1.82, 2.24) is 19.2 Å². The molecule has 1 aromatic carbocycles. The lowest BCUT2D eigenvalue weighted by Crippen LogP contribution is -2.32. The number of carbonyl (C=O) groups excluding carboxylic acids is 2. The van der Waals surface area contributed by atoms with Crippen molar-refractivity contribution in [2.45, 2.75) is 19.4 Å². The second-order valence-electron chi connectivity index (χ2n) is 8.68. The van der Waals surface area contributed by atoms with Crippen molar-refractivity contribution in [3.05, 3.63) is 63.5 Å². The third kappa shape index (κ3) is 4.39. The van der Waals surface area contributed by atoms with Crippen molar-refractivity contribution in [2.24, 2.45) is 0 Å². The summed E-state index contributed by atoms with van der Waals surface area (Å²) in [6.45, 7) is 2.76. The Bertz CT molecular complexity index is 1350. The van der Waals surface area contributed by atoms with Crippen LogP contribution in [0, 0.1) is 6.92 Å². The highest BCUT2D eigenvalue weighted by molar-refractivity contribution is 9.10. The van der Waals surface area contributed by atoms with Crippen LogP contribution in [0.2, 0.25) is 0 Å². The molecule has 2 aromatic heterocycles. The summed E-state index contributed by atoms with van der Waals surface area (Å²) in [6, 6.07) is 7.74. The van der Waals surface area contributed by atoms with Gasteiger partial charge in [-0.2, -0.15) is 0 Å². The number of phenols is 1. The number of likely N-dealkylation sites (tertiary alicyclic amines) is 1. The van der Waals surface area contributed by atoms with Crippen LogP contribution in [0.5, 0.6) is 11.5 Å². The molecule has 0 radical (unpaired) electrons. The molecule has 1 atom stereocenters. The van der Waals surface area contributed by atoms with Gasteiger partial charge in [-0.05, 0) is 79.7 Å². The molecule has 3 aromatic rings. The number of phenolic OH excluding ortho intramolecular Hbond substituents is 1. The smallest absolute Gasteiger partial charge is 0.295 e. The highest BCUT2D eigenvalue weighted by Crippen LogP contribution is 2.44. The fourth-order valence-electron chi connectivity index (χ4n) is 4.45. The van der Waals surface area contributed by atoms with Crippen LogP contribution in [0.15, 0.2) is 46.6 Å². The van der Waals surface area contributed by atoms with Crippen LogP contribution in [0.1, 0.15) is 29.4 Å². The number of carbonyl (C=O) groups is 2. The number of aliphatic hydroxyl groups excluding tert-OH is 1. The van der Waals surface area contributed by atoms with E-state index in [2.05, 4.69) is 20.9 Å². The van der Waals surface area contributed by atoms with Gasteiger partial charge in [0.25, 0.3) is 11.7 Å². The number of benzene rings is 1. The number of aryl methyl sites for hydroxylation is 1. The molecule has 0 saturated carbocycles. The normalized spacial score (nSPS) is 17.7. The van der Waals surface area contributed by atoms with Gasteiger partial charge in [-0.1, -0.05) is 6.07 Å². The third-order valence-electron chi connectivity index (χ3n) is 6.06. The molecule has 0 spiro atoms. The average Bonchev–Trinajstić information content (AvgIpc) is 3.28. The van der Waals surface area contributed by atoms with Crippen LogP contribution < -0.4 is 4.74 Å². The molecule has 1 unspecified atom stereocenters. The van der Waals surface area contributed by atoms with Crippen LogP contribution in [0.25, 0.3) is 11.4 Å². The van der Waals surface area contributed by atoms with Gasteiger partial charge in [-0.15, -0.1) is 0 Å². The Hall–Kier alpha value is -3.37. The fraction of sp³-hybridized carbons (Fsp3) is 0.320. The minimum absolute atomic E-state index is 0.0340. The van der Waals surface area contributed by atoms with Gasteiger partial charge < -0.3 is 24.7 Å². The van der Waals surface area contributed by atoms with Crippen LogP contribution in [0.4, 0.5) is 0 Å². The Morgan fingerprint density at radius 2 is 2.00 bits per heavy atom. The van der Waals surface area contributed by atoms with Crippen LogP contribution in [-0.4, -0.2) is 75.4 Å². The van der Waals surface area contributed by atoms with Crippen molar-refractivity contribution in [3.8, 4) is 11.5 Å². The predicted octanol–water partition coefficient (Wildman–Crippen LogP) is 3.49. The number of aromatic hydroxyl groups is 1. The molecule has 1 amide bonds. The maximum absolute atomic E-state index is 13.3. The third-order valence-corrected chi connectivity index (χ3v) is 6.66. The lowest BCUT2D eigenvalue weighted by Gasteiger charge is -2.26. The first-order chi connectivity index (χ1) is 16.6. The molecule has 9 nitrogen and oxygen atoms in total. The number of nitrogens with zero attached hydrogens (tertiary/aromatic N) is 4. The lowest BCUT2D eigenvalue weighted by molar-refractivity contribution is -0.139. The molecule has 184 valence electrons. The number of pyridine rings is 1. The molecule has 1 saturated heterocycles. The van der Waals surface area contributed by atoms with Gasteiger partial charge in [0.2, 0.25) is 0 Å². The van der Waals surface area contributed by atoms with Crippen molar-refractivity contribution in [3.63, 3.8) is 0 Å². The second kappa shape index (κ2) is 9.71. The zero-order chi connectivity index (χ0) is 25.4. The first kappa shape index (κ1) is 24.7. The van der Waals surface area contributed by atoms with E-state index in [0.717, 1.165) is 0 Å². The van der Waals surface area contributed by atoms with E-state index in [4.69, 9.17) is 4.74 Å². The summed E-state index contributed by atoms with van der Waals surface area (Å²) in [6.07, 6.45) is 2.37. The Kier molecular flexibility index (Phi) is 6.86. The summed E-state index contributed by atoms with van der Waals surface area (Å²) in [5.41, 5.74) is 1.96. The highest BCUT2D eigenvalue weighted by atomic mass is 79.9. The molecular formula is C25H27BrN4O5. The topological polar surface area (TPSA) is 108 Å². The molecule has 1 aliphatic rings. The minimum Gasteiger partial charge on any atom is -0.505 e. The van der Waals surface area contributed by atoms with Gasteiger partial charge in [-0.3, -0.25) is 14.0 Å². The molecule has 10 heteroatoms. The summed E-state index contributed by atoms with van der Waals surface area (Å²) in [4.78, 5) is 34.5. The number of halogens is 1. The number of amides is 1. The molecule has 1 fully saturated rings. The summed E-state index contributed by atoms with van der Waals surface area (Å²) in [5, 5.41) is 21.8. The molecule has 4 rings (SSSR count). The number of rotatable bonds is 7. The number of aromatic nitrogens is 2. The first-order valence-corrected chi connectivity index (χ1v) is 11.9. The Morgan fingerprint density at radius 3 is 2.69 bits per heavy atom. The number of methoxy groups -OCH3 is 1. The monoisotopic (exact) mass is 542 g/mol. The van der Waals surface area contributed by atoms with E-state index >= 15 is 0 Å². The lowest BCUT2D eigenvalue weighted by atomic mass is 9.95. The number of imidazole rings is 1. The Labute approximate surface area is 211 Å². The number of hydrogen-bond acceptors (Lipinski definition) is 7. The Morgan fingerprint density at radius 1 is 1.26 bits per heavy atom. The molecule has 2 N–H and O–H groups in total. The van der Waals surface area contributed by atoms with Gasteiger partial charge in [0.15, 0.2) is 17.3 Å². The van der Waals surface area contributed by atoms with Gasteiger partial charge in [0.05, 0.1) is 28.9 Å². The van der Waals surface area contributed by atoms with Gasteiger partial charge in [0, 0.05) is 12.7 Å². The highest BCUT2D eigenvalue weighted by Gasteiger charge is 2.46. The first-order valence-electron chi connectivity index (χ1n) is 11.1. The molecule has 35 heavy (non-hydrogen) atoms. The second-order valence-corrected chi connectivity index (χ2v) is 9.53. The minimum atomic E-state index is -0.878. The van der Waals surface area contributed by atoms with Crippen molar-refractivity contribution in [2.75, 3.05) is 34.3 Å². The zero-order valence-corrected chi connectivity index (χ0v) is 21.5. The standard InChI is InChI=1S/C25H27BrN4O5/c1-14-20(29-10-6-5-8-18(29)27-14)23(32)19-21(15-12-16(26)22(31)17(13-15)35-4)30(25(34)24(19)33)11-7-9-28(2)3/h5-6,8,10,12-13,21,31-32H,7,9,11H2,1-4H3. The summed E-state index contributed by atoms with van der Waals surface area (Å²) < 4.78 is 7.34. The molecule has 1 aliphatic heterocycles. The van der Waals surface area contributed by atoms with E-state index in [0.29, 0.717) is 46.6 Å². The predicted molar refractivity (Wildman–Crippen MR) is 134 cm³/mol. The van der Waals surface area contributed by atoms with E-state index in [1.807, 2.05) is 25.1 Å². The molecule has 0 aliphatic carbocycles. The largest absolute Gasteiger partial charge is 0.505 e. The maximum atomic E-state index is 13.3. The average molecular weight is 543 g/mol. The van der Waals surface area contributed by atoms with E-state index in [9.17, 15) is 19.8 Å². The summed E-state index contributed by atoms with van der Waals surface area (Å²) >= 11 is 3.33. The number of ether oxygens (including phenoxy) is 1. The number of hydrogen-bond donors (Lipinski definition) is 2. The number of aliphatic hydroxyl groups is 1.